The summed E-state index contributed by atoms with van der Waals surface area (Å²) in [6.45, 7) is 14.0. The van der Waals surface area contributed by atoms with Gasteiger partial charge < -0.3 is 0 Å². The second-order valence-corrected chi connectivity index (χ2v) is 40.5. The Morgan fingerprint density at radius 3 is 1.39 bits per heavy atom. The van der Waals surface area contributed by atoms with Crippen molar-refractivity contribution >= 4 is 15.4 Å². The van der Waals surface area contributed by atoms with Gasteiger partial charge in [0.05, 0.1) is 0 Å². The molecule has 2 unspecified atom stereocenters. The number of rotatable bonds is 8. The molecule has 4 aromatic rings. The van der Waals surface area contributed by atoms with Gasteiger partial charge in [0.2, 0.25) is 0 Å². The minimum absolute atomic E-state index is 0.485. The van der Waals surface area contributed by atoms with E-state index in [0.29, 0.717) is 19.2 Å². The molecular formula is C43H50Hf. The molecule has 0 aromatic heterocycles. The molecule has 0 amide bonds. The van der Waals surface area contributed by atoms with E-state index >= 15 is 0 Å². The van der Waals surface area contributed by atoms with Crippen LogP contribution in [0.5, 0.6) is 0 Å². The topological polar surface area (TPSA) is 0 Å². The summed E-state index contributed by atoms with van der Waals surface area (Å²) in [4.78, 5) is 0. The molecule has 0 fully saturated rings. The van der Waals surface area contributed by atoms with Gasteiger partial charge in [-0.1, -0.05) is 0 Å². The predicted octanol–water partition coefficient (Wildman–Crippen LogP) is 12.9. The summed E-state index contributed by atoms with van der Waals surface area (Å²) in [5, 5.41) is 0. The molecule has 2 atom stereocenters. The van der Waals surface area contributed by atoms with Crippen molar-refractivity contribution in [3.8, 4) is 22.3 Å². The third-order valence-electron chi connectivity index (χ3n) is 11.5. The molecule has 6 rings (SSSR count). The van der Waals surface area contributed by atoms with Crippen LogP contribution >= 0.6 is 0 Å². The van der Waals surface area contributed by atoms with Gasteiger partial charge in [0, 0.05) is 0 Å². The Morgan fingerprint density at radius 1 is 0.591 bits per heavy atom. The Morgan fingerprint density at radius 2 is 1.00 bits per heavy atom. The Kier molecular flexibility index (Phi) is 8.34. The molecule has 0 radical (unpaired) electrons. The van der Waals surface area contributed by atoms with Gasteiger partial charge in [-0.25, -0.2) is 0 Å². The van der Waals surface area contributed by atoms with Gasteiger partial charge >= 0.3 is 269 Å². The predicted molar refractivity (Wildman–Crippen MR) is 193 cm³/mol. The summed E-state index contributed by atoms with van der Waals surface area (Å²) < 4.78 is 8.42. The van der Waals surface area contributed by atoms with Crippen molar-refractivity contribution < 1.29 is 18.0 Å². The van der Waals surface area contributed by atoms with Crippen LogP contribution in [-0.4, -0.2) is 3.26 Å². The van der Waals surface area contributed by atoms with Crippen molar-refractivity contribution in [2.45, 2.75) is 82.9 Å². The van der Waals surface area contributed by atoms with Crippen LogP contribution in [0, 0.1) is 0 Å². The summed E-state index contributed by atoms with van der Waals surface area (Å²) >= 11 is -3.99. The van der Waals surface area contributed by atoms with E-state index in [2.05, 4.69) is 160 Å². The van der Waals surface area contributed by atoms with Crippen molar-refractivity contribution in [1.82, 2.24) is 0 Å². The van der Waals surface area contributed by atoms with E-state index < -0.39 is 18.0 Å². The van der Waals surface area contributed by atoms with Gasteiger partial charge in [-0.05, 0) is 0 Å². The average Bonchev–Trinajstić information content (AvgIpc) is 3.68. The van der Waals surface area contributed by atoms with Gasteiger partial charge in [0.25, 0.3) is 0 Å². The van der Waals surface area contributed by atoms with Crippen LogP contribution in [0.3, 0.4) is 0 Å². The molecule has 1 heteroatoms. The number of allylic oxidation sites excluding steroid dienone is 2. The Hall–Kier alpha value is -2.90. The SMILES string of the molecule is CC[C](CC)=[Hf]([CH3])([CH3])([CH]1C=Cc2c(-c3cccc(C(C)C)c3)cccc21)[CH]1C=Cc2c(-c3cccc(C(C)C)c3)cccc21. The van der Waals surface area contributed by atoms with Crippen molar-refractivity contribution in [1.29, 1.82) is 0 Å². The maximum absolute atomic E-state index is 3.99. The van der Waals surface area contributed by atoms with Crippen molar-refractivity contribution in [3.05, 3.63) is 130 Å². The molecule has 0 saturated heterocycles. The molecule has 0 saturated carbocycles. The normalized spacial score (nSPS) is 17.4. The summed E-state index contributed by atoms with van der Waals surface area (Å²) in [7, 11) is 0. The summed E-state index contributed by atoms with van der Waals surface area (Å²) in [6, 6.07) is 32.7. The molecule has 0 aliphatic heterocycles. The first-order chi connectivity index (χ1) is 21.1. The Labute approximate surface area is 267 Å². The fourth-order valence-corrected chi connectivity index (χ4v) is 35.1. The van der Waals surface area contributed by atoms with Gasteiger partial charge in [0.15, 0.2) is 0 Å². The molecule has 0 nitrogen and oxygen atoms in total. The van der Waals surface area contributed by atoms with Gasteiger partial charge in [0.1, 0.15) is 0 Å². The second-order valence-electron chi connectivity index (χ2n) is 14.8. The van der Waals surface area contributed by atoms with Crippen molar-refractivity contribution in [3.63, 3.8) is 0 Å². The van der Waals surface area contributed by atoms with Crippen LogP contribution in [0.4, 0.5) is 0 Å². The Bertz CT molecular complexity index is 1720. The first-order valence-electron chi connectivity index (χ1n) is 17.0. The van der Waals surface area contributed by atoms with E-state index in [1.807, 2.05) is 3.26 Å². The molecular weight excluding hydrogens is 695 g/mol. The zero-order chi connectivity index (χ0) is 31.2. The first-order valence-corrected chi connectivity index (χ1v) is 30.1. The summed E-state index contributed by atoms with van der Waals surface area (Å²) in [6.07, 6.45) is 12.6. The van der Waals surface area contributed by atoms with E-state index in [1.165, 1.54) is 57.3 Å². The van der Waals surface area contributed by atoms with E-state index in [4.69, 9.17) is 0 Å². The summed E-state index contributed by atoms with van der Waals surface area (Å²) in [5.74, 6) is 1.04. The zero-order valence-electron chi connectivity index (χ0n) is 28.1. The number of fused-ring (bicyclic) bond motifs is 2. The number of hydrogen-bond acceptors (Lipinski definition) is 0. The molecule has 0 spiro atoms. The van der Waals surface area contributed by atoms with E-state index in [0.717, 1.165) is 0 Å². The molecule has 4 aromatic carbocycles. The van der Waals surface area contributed by atoms with Gasteiger partial charge in [-0.15, -0.1) is 0 Å². The first kappa shape index (κ1) is 31.1. The monoisotopic (exact) mass is 746 g/mol. The third kappa shape index (κ3) is 4.95. The van der Waals surface area contributed by atoms with Crippen molar-refractivity contribution in [2.24, 2.45) is 0 Å². The van der Waals surface area contributed by atoms with Crippen LogP contribution in [0.15, 0.2) is 97.1 Å². The van der Waals surface area contributed by atoms with E-state index in [-0.39, 0.29) is 0 Å². The fraction of sp³-hybridized carbons (Fsp3) is 0.326. The minimum atomic E-state index is -3.99. The van der Waals surface area contributed by atoms with Crippen LogP contribution in [0.1, 0.15) is 107 Å². The fourth-order valence-electron chi connectivity index (χ4n) is 8.85. The molecule has 0 bridgehead atoms. The van der Waals surface area contributed by atoms with E-state index in [1.54, 1.807) is 11.1 Å². The molecule has 2 aliphatic carbocycles. The van der Waals surface area contributed by atoms with Crippen LogP contribution < -0.4 is 0 Å². The van der Waals surface area contributed by atoms with Crippen LogP contribution in [-0.2, 0) is 18.0 Å². The molecule has 0 heterocycles. The number of benzene rings is 4. The molecule has 2 aliphatic rings. The third-order valence-corrected chi connectivity index (χ3v) is 39.4. The second kappa shape index (κ2) is 11.8. The quantitative estimate of drug-likeness (QED) is 0.158. The molecule has 226 valence electrons. The standard InChI is InChI=1S/2C18H17.C5H10.2CH3.Hf/c2*1-13(2)15-8-3-9-16(12-15)18-11-5-7-14-6-4-10-17(14)18;1-3-5-4-2;;;/h2*3-13H,1-2H3;3-4H2,1-2H3;2*1H3;. The van der Waals surface area contributed by atoms with E-state index in [9.17, 15) is 0 Å². The molecule has 0 N–H and O–H groups in total. The zero-order valence-corrected chi connectivity index (χ0v) is 31.7. The van der Waals surface area contributed by atoms with Crippen LogP contribution in [0.25, 0.3) is 34.4 Å². The average molecular weight is 745 g/mol. The Balaban J connectivity index is 1.52. The maximum atomic E-state index is 2.80. The number of hydrogen-bond donors (Lipinski definition) is 0. The van der Waals surface area contributed by atoms with Crippen LogP contribution in [0.2, 0.25) is 9.36 Å². The molecule has 44 heavy (non-hydrogen) atoms. The van der Waals surface area contributed by atoms with Gasteiger partial charge in [-0.3, -0.25) is 0 Å². The summed E-state index contributed by atoms with van der Waals surface area (Å²) in [5.41, 5.74) is 14.3. The van der Waals surface area contributed by atoms with Gasteiger partial charge in [-0.2, -0.15) is 0 Å². The van der Waals surface area contributed by atoms with Crippen molar-refractivity contribution in [2.75, 3.05) is 0 Å².